The second-order valence-electron chi connectivity index (χ2n) is 9.01. The molecular weight excluding hydrogens is 386 g/mol. The van der Waals surface area contributed by atoms with Gasteiger partial charge in [-0.2, -0.15) is 0 Å². The summed E-state index contributed by atoms with van der Waals surface area (Å²) >= 11 is 1.57. The van der Waals surface area contributed by atoms with Crippen molar-refractivity contribution in [3.05, 3.63) is 28.8 Å². The molecule has 0 saturated heterocycles. The van der Waals surface area contributed by atoms with Gasteiger partial charge in [0.1, 0.15) is 16.5 Å². The van der Waals surface area contributed by atoms with E-state index in [0.717, 1.165) is 28.3 Å². The van der Waals surface area contributed by atoms with Gasteiger partial charge in [-0.3, -0.25) is 4.79 Å². The zero-order valence-corrected chi connectivity index (χ0v) is 17.8. The highest BCUT2D eigenvalue weighted by atomic mass is 32.1. The average Bonchev–Trinajstić information content (AvgIpc) is 3.16. The Morgan fingerprint density at radius 2 is 1.79 bits per heavy atom. The zero-order chi connectivity index (χ0) is 20.0. The molecule has 2 aromatic rings. The second-order valence-corrected chi connectivity index (χ2v) is 9.99. The summed E-state index contributed by atoms with van der Waals surface area (Å²) in [5.41, 5.74) is 1.03. The summed E-state index contributed by atoms with van der Waals surface area (Å²) in [4.78, 5) is 12.6. The molecule has 1 heterocycles. The fourth-order valence-electron chi connectivity index (χ4n) is 6.19. The monoisotopic (exact) mass is 413 g/mol. The zero-order valence-electron chi connectivity index (χ0n) is 16.9. The lowest BCUT2D eigenvalue weighted by molar-refractivity contribution is -0.115. The van der Waals surface area contributed by atoms with E-state index in [1.807, 2.05) is 12.1 Å². The van der Waals surface area contributed by atoms with Gasteiger partial charge in [-0.1, -0.05) is 17.4 Å². The Morgan fingerprint density at radius 3 is 2.41 bits per heavy atom. The highest BCUT2D eigenvalue weighted by molar-refractivity contribution is 7.15. The minimum absolute atomic E-state index is 0.110. The van der Waals surface area contributed by atoms with Gasteiger partial charge in [0.25, 0.3) is 0 Å². The van der Waals surface area contributed by atoms with Crippen molar-refractivity contribution in [1.29, 1.82) is 0 Å². The van der Waals surface area contributed by atoms with Gasteiger partial charge in [-0.05, 0) is 62.3 Å². The van der Waals surface area contributed by atoms with Gasteiger partial charge >= 0.3 is 0 Å². The van der Waals surface area contributed by atoms with Crippen LogP contribution in [-0.4, -0.2) is 30.3 Å². The second kappa shape index (κ2) is 7.27. The largest absolute Gasteiger partial charge is 0.497 e. The number of amides is 1. The van der Waals surface area contributed by atoms with Crippen LogP contribution in [0.5, 0.6) is 11.5 Å². The van der Waals surface area contributed by atoms with Crippen LogP contribution in [0.1, 0.15) is 49.1 Å². The van der Waals surface area contributed by atoms with Crippen LogP contribution >= 0.6 is 11.3 Å². The molecule has 4 aliphatic rings. The van der Waals surface area contributed by atoms with Crippen LogP contribution in [0.3, 0.4) is 0 Å². The predicted octanol–water partition coefficient (Wildman–Crippen LogP) is 4.20. The van der Waals surface area contributed by atoms with Crippen molar-refractivity contribution in [3.63, 3.8) is 0 Å². The van der Waals surface area contributed by atoms with Crippen LogP contribution < -0.4 is 14.8 Å². The number of methoxy groups -OCH3 is 2. The first-order chi connectivity index (χ1) is 14.1. The number of nitrogens with zero attached hydrogens (tertiary/aromatic N) is 2. The first-order valence-electron chi connectivity index (χ1n) is 10.4. The summed E-state index contributed by atoms with van der Waals surface area (Å²) in [5, 5.41) is 13.5. The molecule has 1 aromatic carbocycles. The van der Waals surface area contributed by atoms with Crippen molar-refractivity contribution >= 4 is 22.4 Å². The molecule has 4 bridgehead atoms. The van der Waals surface area contributed by atoms with Gasteiger partial charge in [-0.25, -0.2) is 0 Å². The average molecular weight is 414 g/mol. The number of ether oxygens (including phenoxy) is 2. The minimum Gasteiger partial charge on any atom is -0.497 e. The van der Waals surface area contributed by atoms with E-state index in [-0.39, 0.29) is 17.7 Å². The summed E-state index contributed by atoms with van der Waals surface area (Å²) in [7, 11) is 3.21. The molecule has 0 unspecified atom stereocenters. The molecule has 6 rings (SSSR count). The lowest BCUT2D eigenvalue weighted by atomic mass is 9.50. The van der Waals surface area contributed by atoms with Crippen molar-refractivity contribution in [2.45, 2.75) is 50.4 Å². The van der Waals surface area contributed by atoms with E-state index in [9.17, 15) is 4.79 Å². The van der Waals surface area contributed by atoms with Gasteiger partial charge in [0.2, 0.25) is 11.0 Å². The topological polar surface area (TPSA) is 73.3 Å². The summed E-state index contributed by atoms with van der Waals surface area (Å²) < 4.78 is 10.6. The van der Waals surface area contributed by atoms with Crippen LogP contribution in [0.15, 0.2) is 18.2 Å². The number of hydrogen-bond donors (Lipinski definition) is 1. The Bertz CT molecular complexity index is 890. The van der Waals surface area contributed by atoms with Gasteiger partial charge in [0.15, 0.2) is 0 Å². The molecule has 154 valence electrons. The molecule has 0 aliphatic heterocycles. The number of carbonyl (C=O) groups excluding carboxylic acids is 1. The summed E-state index contributed by atoms with van der Waals surface area (Å²) in [5.74, 6) is 3.84. The van der Waals surface area contributed by atoms with E-state index in [2.05, 4.69) is 15.5 Å². The molecule has 1 aromatic heterocycles. The van der Waals surface area contributed by atoms with Gasteiger partial charge in [-0.15, -0.1) is 10.2 Å². The number of hydrogen-bond acceptors (Lipinski definition) is 6. The maximum atomic E-state index is 12.6. The summed E-state index contributed by atoms with van der Waals surface area (Å²) in [6.45, 7) is 0. The molecule has 0 spiro atoms. The van der Waals surface area contributed by atoms with Crippen molar-refractivity contribution in [3.8, 4) is 11.5 Å². The molecule has 4 aliphatic carbocycles. The van der Waals surface area contributed by atoms with Crippen LogP contribution in [0, 0.1) is 17.8 Å². The van der Waals surface area contributed by atoms with Crippen LogP contribution in [0.4, 0.5) is 5.13 Å². The van der Waals surface area contributed by atoms with Crippen LogP contribution in [0.2, 0.25) is 0 Å². The molecular formula is C22H27N3O3S. The quantitative estimate of drug-likeness (QED) is 0.768. The fourth-order valence-corrected chi connectivity index (χ4v) is 7.17. The van der Waals surface area contributed by atoms with E-state index >= 15 is 0 Å². The molecule has 0 radical (unpaired) electrons. The standard InChI is InChI=1S/C22H27N3O3S/c1-27-17-4-3-16(18(9-17)28-2)8-19(26)23-21-25-24-20(29-21)22-10-13-5-14(11-22)7-15(6-13)12-22/h3-4,9,13-15H,5-8,10-12H2,1-2H3,(H,23,25,26). The Labute approximate surface area is 175 Å². The number of rotatable bonds is 6. The third-order valence-electron chi connectivity index (χ3n) is 7.01. The van der Waals surface area contributed by atoms with Gasteiger partial charge in [0.05, 0.1) is 20.6 Å². The summed E-state index contributed by atoms with van der Waals surface area (Å²) in [6.07, 6.45) is 8.21. The molecule has 0 atom stereocenters. The lowest BCUT2D eigenvalue weighted by Gasteiger charge is -2.55. The Hall–Kier alpha value is -2.15. The molecule has 1 amide bonds. The molecule has 1 N–H and O–H groups in total. The first kappa shape index (κ1) is 18.9. The number of aromatic nitrogens is 2. The molecule has 4 fully saturated rings. The maximum absolute atomic E-state index is 12.6. The van der Waals surface area contributed by atoms with Gasteiger partial charge < -0.3 is 14.8 Å². The molecule has 6 nitrogen and oxygen atoms in total. The van der Waals surface area contributed by atoms with Crippen LogP contribution in [-0.2, 0) is 16.6 Å². The number of benzene rings is 1. The molecule has 7 heteroatoms. The summed E-state index contributed by atoms with van der Waals surface area (Å²) in [6, 6.07) is 5.48. The van der Waals surface area contributed by atoms with E-state index in [4.69, 9.17) is 9.47 Å². The van der Waals surface area contributed by atoms with Crippen molar-refractivity contribution in [2.24, 2.45) is 17.8 Å². The number of anilines is 1. The lowest BCUT2D eigenvalue weighted by Crippen LogP contribution is -2.48. The normalized spacial score (nSPS) is 29.7. The van der Waals surface area contributed by atoms with Crippen molar-refractivity contribution < 1.29 is 14.3 Å². The van der Waals surface area contributed by atoms with E-state index < -0.39 is 0 Å². The van der Waals surface area contributed by atoms with Crippen LogP contribution in [0.25, 0.3) is 0 Å². The Balaban J connectivity index is 1.28. The number of carbonyl (C=O) groups is 1. The predicted molar refractivity (Wildman–Crippen MR) is 112 cm³/mol. The SMILES string of the molecule is COc1ccc(CC(=O)Nc2nnc(C34CC5CC(CC(C5)C3)C4)s2)c(OC)c1. The van der Waals surface area contributed by atoms with Crippen molar-refractivity contribution in [1.82, 2.24) is 10.2 Å². The highest BCUT2D eigenvalue weighted by Crippen LogP contribution is 2.61. The van der Waals surface area contributed by atoms with Gasteiger partial charge in [0, 0.05) is 17.0 Å². The highest BCUT2D eigenvalue weighted by Gasteiger charge is 2.53. The van der Waals surface area contributed by atoms with Crippen molar-refractivity contribution in [2.75, 3.05) is 19.5 Å². The number of nitrogens with one attached hydrogen (secondary N) is 1. The third-order valence-corrected chi connectivity index (χ3v) is 8.09. The smallest absolute Gasteiger partial charge is 0.230 e. The third kappa shape index (κ3) is 3.50. The molecule has 29 heavy (non-hydrogen) atoms. The fraction of sp³-hybridized carbons (Fsp3) is 0.591. The minimum atomic E-state index is -0.110. The first-order valence-corrected chi connectivity index (χ1v) is 11.2. The van der Waals surface area contributed by atoms with E-state index in [1.54, 1.807) is 31.6 Å². The molecule has 4 saturated carbocycles. The maximum Gasteiger partial charge on any atom is 0.230 e. The van der Waals surface area contributed by atoms with E-state index in [1.165, 1.54) is 38.5 Å². The Kier molecular flexibility index (Phi) is 4.73. The Morgan fingerprint density at radius 1 is 1.10 bits per heavy atom. The van der Waals surface area contributed by atoms with E-state index in [0.29, 0.717) is 16.6 Å².